The Morgan fingerprint density at radius 2 is 1.80 bits per heavy atom. The van der Waals surface area contributed by atoms with E-state index in [9.17, 15) is 9.59 Å². The largest absolute Gasteiger partial charge is 0.465 e. The molecule has 0 aliphatic carbocycles. The zero-order valence-corrected chi connectivity index (χ0v) is 14.6. The van der Waals surface area contributed by atoms with E-state index in [0.717, 1.165) is 0 Å². The molecule has 1 amide bonds. The molecule has 2 aromatic rings. The second kappa shape index (κ2) is 7.65. The van der Waals surface area contributed by atoms with Crippen LogP contribution < -0.4 is 10.6 Å². The summed E-state index contributed by atoms with van der Waals surface area (Å²) in [6.07, 6.45) is 0.943. The minimum atomic E-state index is -0.573. The van der Waals surface area contributed by atoms with Crippen molar-refractivity contribution in [3.05, 3.63) is 48.2 Å². The summed E-state index contributed by atoms with van der Waals surface area (Å²) in [7, 11) is 1.33. The predicted octanol–water partition coefficient (Wildman–Crippen LogP) is 3.96. The number of methoxy groups -OCH3 is 1. The van der Waals surface area contributed by atoms with Crippen molar-refractivity contribution in [1.82, 2.24) is 4.98 Å². The number of anilines is 3. The van der Waals surface area contributed by atoms with Crippen molar-refractivity contribution < 1.29 is 19.1 Å². The molecule has 0 atom stereocenters. The van der Waals surface area contributed by atoms with Gasteiger partial charge in [-0.1, -0.05) is 12.1 Å². The lowest BCUT2D eigenvalue weighted by molar-refractivity contribution is 0.0599. The molecule has 1 aromatic carbocycles. The highest BCUT2D eigenvalue weighted by atomic mass is 16.6. The Morgan fingerprint density at radius 1 is 1.08 bits per heavy atom. The molecular formula is C18H21N3O4. The van der Waals surface area contributed by atoms with Gasteiger partial charge in [0.2, 0.25) is 0 Å². The molecule has 132 valence electrons. The van der Waals surface area contributed by atoms with Crippen LogP contribution >= 0.6 is 0 Å². The summed E-state index contributed by atoms with van der Waals surface area (Å²) in [6.45, 7) is 5.36. The Bertz CT molecular complexity index is 752. The zero-order chi connectivity index (χ0) is 18.4. The molecule has 0 radical (unpaired) electrons. The van der Waals surface area contributed by atoms with Crippen LogP contribution in [-0.4, -0.2) is 29.8 Å². The molecule has 0 aliphatic rings. The molecule has 0 fully saturated rings. The monoisotopic (exact) mass is 343 g/mol. The van der Waals surface area contributed by atoms with Crippen LogP contribution in [0, 0.1) is 0 Å². The van der Waals surface area contributed by atoms with E-state index in [-0.39, 0.29) is 0 Å². The third-order valence-electron chi connectivity index (χ3n) is 3.00. The van der Waals surface area contributed by atoms with Crippen molar-refractivity contribution >= 4 is 29.3 Å². The molecule has 7 heteroatoms. The third-order valence-corrected chi connectivity index (χ3v) is 3.00. The van der Waals surface area contributed by atoms with E-state index in [0.29, 0.717) is 22.8 Å². The van der Waals surface area contributed by atoms with Crippen LogP contribution in [-0.2, 0) is 9.47 Å². The maximum absolute atomic E-state index is 11.8. The van der Waals surface area contributed by atoms with Crippen LogP contribution in [0.15, 0.2) is 42.6 Å². The minimum absolute atomic E-state index is 0.405. The van der Waals surface area contributed by atoms with E-state index in [2.05, 4.69) is 15.6 Å². The summed E-state index contributed by atoms with van der Waals surface area (Å²) in [5.74, 6) is 0.0809. The van der Waals surface area contributed by atoms with Crippen molar-refractivity contribution in [3.63, 3.8) is 0 Å². The Morgan fingerprint density at radius 3 is 2.40 bits per heavy atom. The number of hydrogen-bond acceptors (Lipinski definition) is 6. The number of nitrogens with zero attached hydrogens (tertiary/aromatic N) is 1. The summed E-state index contributed by atoms with van der Waals surface area (Å²) in [5.41, 5.74) is 0.912. The first-order valence-corrected chi connectivity index (χ1v) is 7.69. The molecule has 25 heavy (non-hydrogen) atoms. The molecule has 0 spiro atoms. The van der Waals surface area contributed by atoms with Gasteiger partial charge >= 0.3 is 12.1 Å². The summed E-state index contributed by atoms with van der Waals surface area (Å²) >= 11 is 0. The number of esters is 1. The first-order chi connectivity index (χ1) is 11.8. The highest BCUT2D eigenvalue weighted by Gasteiger charge is 2.16. The lowest BCUT2D eigenvalue weighted by Gasteiger charge is -2.19. The van der Waals surface area contributed by atoms with Gasteiger partial charge in [-0.15, -0.1) is 0 Å². The Hall–Kier alpha value is -3.09. The summed E-state index contributed by atoms with van der Waals surface area (Å²) in [6, 6.07) is 10.3. The van der Waals surface area contributed by atoms with E-state index in [1.165, 1.54) is 13.3 Å². The average molecular weight is 343 g/mol. The van der Waals surface area contributed by atoms with E-state index in [4.69, 9.17) is 9.47 Å². The number of benzene rings is 1. The Labute approximate surface area is 146 Å². The molecule has 2 N–H and O–H groups in total. The van der Waals surface area contributed by atoms with Crippen LogP contribution in [0.3, 0.4) is 0 Å². The molecular weight excluding hydrogens is 322 g/mol. The molecule has 1 heterocycles. The molecule has 0 saturated carbocycles. The van der Waals surface area contributed by atoms with Crippen molar-refractivity contribution in [3.8, 4) is 0 Å². The van der Waals surface area contributed by atoms with Crippen LogP contribution in [0.2, 0.25) is 0 Å². The Kier molecular flexibility index (Phi) is 5.59. The number of carbonyl (C=O) groups excluding carboxylic acids is 2. The second-order valence-electron chi connectivity index (χ2n) is 6.22. The second-order valence-corrected chi connectivity index (χ2v) is 6.22. The predicted molar refractivity (Wildman–Crippen MR) is 95.2 cm³/mol. The van der Waals surface area contributed by atoms with Gasteiger partial charge in [0.1, 0.15) is 11.4 Å². The van der Waals surface area contributed by atoms with Gasteiger partial charge < -0.3 is 14.8 Å². The van der Waals surface area contributed by atoms with Gasteiger partial charge in [-0.3, -0.25) is 5.32 Å². The topological polar surface area (TPSA) is 89.6 Å². The fourth-order valence-electron chi connectivity index (χ4n) is 1.98. The summed E-state index contributed by atoms with van der Waals surface area (Å²) in [5, 5.41) is 5.65. The molecule has 7 nitrogen and oxygen atoms in total. The molecule has 1 aromatic heterocycles. The number of hydrogen-bond donors (Lipinski definition) is 2. The van der Waals surface area contributed by atoms with Gasteiger partial charge in [0, 0.05) is 0 Å². The average Bonchev–Trinajstić information content (AvgIpc) is 2.54. The number of para-hydroxylation sites is 1. The van der Waals surface area contributed by atoms with Crippen molar-refractivity contribution in [2.45, 2.75) is 26.4 Å². The third kappa shape index (κ3) is 5.49. The number of aromatic nitrogens is 1. The normalized spacial score (nSPS) is 10.7. The van der Waals surface area contributed by atoms with Crippen molar-refractivity contribution in [1.29, 1.82) is 0 Å². The summed E-state index contributed by atoms with van der Waals surface area (Å²) in [4.78, 5) is 27.7. The number of nitrogens with one attached hydrogen (secondary N) is 2. The standard InChI is InChI=1S/C18H21N3O4/c1-18(2,3)25-17(23)20-12-9-10-15(19-11-12)21-14-8-6-5-7-13(14)16(22)24-4/h5-11H,1-4H3,(H,19,21)(H,20,23). The first kappa shape index (κ1) is 18.3. The van der Waals surface area contributed by atoms with Gasteiger partial charge in [-0.25, -0.2) is 14.6 Å². The van der Waals surface area contributed by atoms with Crippen LogP contribution in [0.1, 0.15) is 31.1 Å². The van der Waals surface area contributed by atoms with Crippen LogP contribution in [0.25, 0.3) is 0 Å². The lowest BCUT2D eigenvalue weighted by atomic mass is 10.2. The highest BCUT2D eigenvalue weighted by Crippen LogP contribution is 2.21. The van der Waals surface area contributed by atoms with Gasteiger partial charge in [0.25, 0.3) is 0 Å². The molecule has 0 bridgehead atoms. The number of rotatable bonds is 4. The number of amides is 1. The van der Waals surface area contributed by atoms with Gasteiger partial charge in [-0.2, -0.15) is 0 Å². The fraction of sp³-hybridized carbons (Fsp3) is 0.278. The smallest absolute Gasteiger partial charge is 0.412 e. The zero-order valence-electron chi connectivity index (χ0n) is 14.6. The highest BCUT2D eigenvalue weighted by molar-refractivity contribution is 5.96. The Balaban J connectivity index is 2.06. The molecule has 0 saturated heterocycles. The van der Waals surface area contributed by atoms with E-state index in [1.807, 2.05) is 0 Å². The SMILES string of the molecule is COC(=O)c1ccccc1Nc1ccc(NC(=O)OC(C)(C)C)cn1. The molecule has 0 aliphatic heterocycles. The van der Waals surface area contributed by atoms with Crippen LogP contribution in [0.5, 0.6) is 0 Å². The lowest BCUT2D eigenvalue weighted by Crippen LogP contribution is -2.27. The minimum Gasteiger partial charge on any atom is -0.465 e. The summed E-state index contributed by atoms with van der Waals surface area (Å²) < 4.78 is 9.93. The fourth-order valence-corrected chi connectivity index (χ4v) is 1.98. The first-order valence-electron chi connectivity index (χ1n) is 7.69. The maximum atomic E-state index is 11.8. The number of carbonyl (C=O) groups is 2. The number of pyridine rings is 1. The van der Waals surface area contributed by atoms with Gasteiger partial charge in [-0.05, 0) is 45.0 Å². The quantitative estimate of drug-likeness (QED) is 0.817. The van der Waals surface area contributed by atoms with Crippen LogP contribution in [0.4, 0.5) is 22.0 Å². The van der Waals surface area contributed by atoms with Gasteiger partial charge in [0.15, 0.2) is 0 Å². The van der Waals surface area contributed by atoms with Crippen molar-refractivity contribution in [2.75, 3.05) is 17.7 Å². The maximum Gasteiger partial charge on any atom is 0.412 e. The van der Waals surface area contributed by atoms with Gasteiger partial charge in [0.05, 0.1) is 30.2 Å². The van der Waals surface area contributed by atoms with E-state index < -0.39 is 17.7 Å². The van der Waals surface area contributed by atoms with E-state index in [1.54, 1.807) is 57.2 Å². The molecule has 2 rings (SSSR count). The van der Waals surface area contributed by atoms with Crippen molar-refractivity contribution in [2.24, 2.45) is 0 Å². The number of ether oxygens (including phenoxy) is 2. The van der Waals surface area contributed by atoms with E-state index >= 15 is 0 Å². The molecule has 0 unspecified atom stereocenters.